The zero-order valence-corrected chi connectivity index (χ0v) is 17.1. The lowest BCUT2D eigenvalue weighted by Crippen LogP contribution is -2.55. The number of aryl methyl sites for hydroxylation is 1. The Morgan fingerprint density at radius 3 is 2.19 bits per heavy atom. The summed E-state index contributed by atoms with van der Waals surface area (Å²) in [7, 11) is -3.64. The highest BCUT2D eigenvalue weighted by Crippen LogP contribution is 2.60. The molecule has 27 heavy (non-hydrogen) atoms. The van der Waals surface area contributed by atoms with Crippen LogP contribution in [0.1, 0.15) is 33.3 Å². The van der Waals surface area contributed by atoms with E-state index in [2.05, 4.69) is 0 Å². The molecule has 3 fully saturated rings. The Kier molecular flexibility index (Phi) is 4.60. The summed E-state index contributed by atoms with van der Waals surface area (Å²) in [6.45, 7) is 9.40. The first-order chi connectivity index (χ1) is 12.5. The molecule has 0 amide bonds. The average Bonchev–Trinajstić information content (AvgIpc) is 3.10. The average molecular weight is 398 g/mol. The molecular weight excluding hydrogens is 371 g/mol. The van der Waals surface area contributed by atoms with Gasteiger partial charge in [0.05, 0.1) is 6.61 Å². The SMILES string of the molecule is Cc1ccc([P@@]2(=O)O[C@H]([C@H]3COC(C)(C)O3)[C@@H]3OC(C)(C)O[C@@H]3[C@@H]2O)cc1. The third-order valence-electron chi connectivity index (χ3n) is 5.20. The van der Waals surface area contributed by atoms with E-state index in [9.17, 15) is 9.67 Å². The second-order valence-electron chi connectivity index (χ2n) is 8.35. The van der Waals surface area contributed by atoms with E-state index in [0.29, 0.717) is 5.30 Å². The van der Waals surface area contributed by atoms with E-state index in [4.69, 9.17) is 23.5 Å². The first-order valence-corrected chi connectivity index (χ1v) is 10.9. The molecule has 4 rings (SSSR count). The summed E-state index contributed by atoms with van der Waals surface area (Å²) in [6.07, 6.45) is -2.55. The first kappa shape index (κ1) is 19.5. The van der Waals surface area contributed by atoms with Crippen LogP contribution in [0.15, 0.2) is 24.3 Å². The van der Waals surface area contributed by atoms with Gasteiger partial charge in [0.1, 0.15) is 24.4 Å². The van der Waals surface area contributed by atoms with Gasteiger partial charge in [-0.05, 0) is 46.8 Å². The lowest BCUT2D eigenvalue weighted by molar-refractivity contribution is -0.174. The van der Waals surface area contributed by atoms with E-state index in [0.717, 1.165) is 5.56 Å². The van der Waals surface area contributed by atoms with Crippen LogP contribution >= 0.6 is 7.37 Å². The van der Waals surface area contributed by atoms with Gasteiger partial charge in [0.15, 0.2) is 17.4 Å². The van der Waals surface area contributed by atoms with Gasteiger partial charge in [0.2, 0.25) is 0 Å². The van der Waals surface area contributed by atoms with Crippen molar-refractivity contribution in [3.05, 3.63) is 29.8 Å². The predicted molar refractivity (Wildman–Crippen MR) is 98.0 cm³/mol. The van der Waals surface area contributed by atoms with Crippen molar-refractivity contribution in [3.63, 3.8) is 0 Å². The second kappa shape index (κ2) is 6.36. The molecule has 1 N–H and O–H groups in total. The van der Waals surface area contributed by atoms with Gasteiger partial charge < -0.3 is 28.6 Å². The van der Waals surface area contributed by atoms with Crippen LogP contribution in [0.5, 0.6) is 0 Å². The van der Waals surface area contributed by atoms with Crippen LogP contribution in [0, 0.1) is 6.92 Å². The van der Waals surface area contributed by atoms with Crippen molar-refractivity contribution in [2.45, 2.75) is 76.5 Å². The van der Waals surface area contributed by atoms with Crippen molar-refractivity contribution in [2.75, 3.05) is 6.61 Å². The van der Waals surface area contributed by atoms with Crippen molar-refractivity contribution in [1.29, 1.82) is 0 Å². The highest BCUT2D eigenvalue weighted by atomic mass is 31.2. The molecule has 3 aliphatic rings. The standard InChI is InChI=1S/C19H27O7P/c1-11-6-8-12(9-7-11)27(21)17(20)16-15(24-19(4,5)25-16)14(26-27)13-10-22-18(2,3)23-13/h6-9,13-17,20H,10H2,1-5H3/t13-,14-,15+,16+,17-,27-/m1/s1. The van der Waals surface area contributed by atoms with Crippen molar-refractivity contribution >= 4 is 12.7 Å². The molecule has 6 atom stereocenters. The molecule has 0 radical (unpaired) electrons. The van der Waals surface area contributed by atoms with E-state index >= 15 is 0 Å². The summed E-state index contributed by atoms with van der Waals surface area (Å²) in [5, 5.41) is 11.4. The number of hydrogen-bond acceptors (Lipinski definition) is 7. The molecule has 7 nitrogen and oxygen atoms in total. The van der Waals surface area contributed by atoms with Gasteiger partial charge in [-0.15, -0.1) is 0 Å². The summed E-state index contributed by atoms with van der Waals surface area (Å²) < 4.78 is 43.5. The van der Waals surface area contributed by atoms with Gasteiger partial charge in [-0.3, -0.25) is 4.57 Å². The van der Waals surface area contributed by atoms with Crippen LogP contribution in [0.4, 0.5) is 0 Å². The maximum Gasteiger partial charge on any atom is 0.262 e. The highest BCUT2D eigenvalue weighted by Gasteiger charge is 2.62. The normalized spacial score (nSPS) is 42.8. The molecule has 1 aromatic rings. The Hall–Kier alpha value is -0.790. The first-order valence-electron chi connectivity index (χ1n) is 9.22. The van der Waals surface area contributed by atoms with Crippen molar-refractivity contribution in [3.8, 4) is 0 Å². The molecule has 0 saturated carbocycles. The minimum absolute atomic E-state index is 0.286. The number of benzene rings is 1. The number of fused-ring (bicyclic) bond motifs is 1. The molecule has 3 aliphatic heterocycles. The highest BCUT2D eigenvalue weighted by molar-refractivity contribution is 7.67. The molecule has 3 saturated heterocycles. The maximum absolute atomic E-state index is 13.9. The third-order valence-corrected chi connectivity index (χ3v) is 7.76. The summed E-state index contributed by atoms with van der Waals surface area (Å²) in [4.78, 5) is 0. The van der Waals surface area contributed by atoms with Crippen LogP contribution in [0.25, 0.3) is 0 Å². The largest absolute Gasteiger partial charge is 0.380 e. The lowest BCUT2D eigenvalue weighted by Gasteiger charge is -2.41. The number of aliphatic hydroxyl groups is 1. The van der Waals surface area contributed by atoms with E-state index < -0.39 is 49.2 Å². The Labute approximate surface area is 159 Å². The molecule has 0 aromatic heterocycles. The van der Waals surface area contributed by atoms with Gasteiger partial charge in [-0.1, -0.05) is 17.7 Å². The molecule has 1 aromatic carbocycles. The Bertz CT molecular complexity index is 760. The van der Waals surface area contributed by atoms with E-state index in [-0.39, 0.29) is 6.61 Å². The number of ether oxygens (including phenoxy) is 4. The number of aliphatic hydroxyl groups excluding tert-OH is 1. The second-order valence-corrected chi connectivity index (χ2v) is 10.8. The summed E-state index contributed by atoms with van der Waals surface area (Å²) >= 11 is 0. The Balaban J connectivity index is 1.72. The van der Waals surface area contributed by atoms with Crippen LogP contribution in [-0.2, 0) is 28.0 Å². The predicted octanol–water partition coefficient (Wildman–Crippen LogP) is 2.29. The van der Waals surface area contributed by atoms with Gasteiger partial charge >= 0.3 is 0 Å². The minimum Gasteiger partial charge on any atom is -0.380 e. The summed E-state index contributed by atoms with van der Waals surface area (Å²) in [5.74, 6) is -3.00. The Morgan fingerprint density at radius 1 is 0.963 bits per heavy atom. The molecule has 150 valence electrons. The zero-order valence-electron chi connectivity index (χ0n) is 16.2. The van der Waals surface area contributed by atoms with E-state index in [1.165, 1.54) is 0 Å². The third kappa shape index (κ3) is 3.40. The Morgan fingerprint density at radius 2 is 1.59 bits per heavy atom. The van der Waals surface area contributed by atoms with Gasteiger partial charge in [0, 0.05) is 5.30 Å². The minimum atomic E-state index is -3.64. The van der Waals surface area contributed by atoms with E-state index in [1.807, 2.05) is 32.9 Å². The lowest BCUT2D eigenvalue weighted by atomic mass is 10.0. The molecule has 3 heterocycles. The van der Waals surface area contributed by atoms with Gasteiger partial charge in [-0.25, -0.2) is 0 Å². The van der Waals surface area contributed by atoms with Crippen molar-refractivity contribution < 1.29 is 33.1 Å². The van der Waals surface area contributed by atoms with Crippen LogP contribution in [-0.4, -0.2) is 53.5 Å². The molecule has 0 unspecified atom stereocenters. The molecule has 0 bridgehead atoms. The zero-order chi connectivity index (χ0) is 19.6. The maximum atomic E-state index is 13.9. The van der Waals surface area contributed by atoms with Crippen molar-refractivity contribution in [2.24, 2.45) is 0 Å². The van der Waals surface area contributed by atoms with Crippen LogP contribution < -0.4 is 5.30 Å². The summed E-state index contributed by atoms with van der Waals surface area (Å²) in [5.41, 5.74) is 1.03. The molecule has 0 spiro atoms. The molecular formula is C19H27O7P. The topological polar surface area (TPSA) is 83.5 Å². The smallest absolute Gasteiger partial charge is 0.262 e. The monoisotopic (exact) mass is 398 g/mol. The van der Waals surface area contributed by atoms with E-state index in [1.54, 1.807) is 26.0 Å². The quantitative estimate of drug-likeness (QED) is 0.766. The van der Waals surface area contributed by atoms with Crippen LogP contribution in [0.3, 0.4) is 0 Å². The molecule has 0 aliphatic carbocycles. The van der Waals surface area contributed by atoms with Crippen LogP contribution in [0.2, 0.25) is 0 Å². The van der Waals surface area contributed by atoms with Crippen molar-refractivity contribution in [1.82, 2.24) is 0 Å². The fraction of sp³-hybridized carbons (Fsp3) is 0.684. The van der Waals surface area contributed by atoms with Gasteiger partial charge in [0.25, 0.3) is 7.37 Å². The molecule has 8 heteroatoms. The van der Waals surface area contributed by atoms with Gasteiger partial charge in [-0.2, -0.15) is 0 Å². The summed E-state index contributed by atoms with van der Waals surface area (Å²) in [6, 6.07) is 7.15. The number of rotatable bonds is 2. The fourth-order valence-electron chi connectivity index (χ4n) is 3.92. The fourth-order valence-corrected chi connectivity index (χ4v) is 6.27. The number of hydrogen-bond donors (Lipinski definition) is 1.